The third-order valence-electron chi connectivity index (χ3n) is 7.11. The van der Waals surface area contributed by atoms with E-state index in [0.717, 1.165) is 54.0 Å². The molecule has 2 amide bonds. The minimum atomic E-state index is -0.314. The third-order valence-corrected chi connectivity index (χ3v) is 7.52. The van der Waals surface area contributed by atoms with E-state index in [1.165, 1.54) is 5.56 Å². The number of likely N-dealkylation sites (tertiary alicyclic amines) is 2. The summed E-state index contributed by atoms with van der Waals surface area (Å²) >= 11 is 6.37. The molecule has 0 aliphatic carbocycles. The van der Waals surface area contributed by atoms with Crippen LogP contribution in [0.1, 0.15) is 50.6 Å². The number of benzene rings is 2. The van der Waals surface area contributed by atoms with Gasteiger partial charge < -0.3 is 10.6 Å². The van der Waals surface area contributed by atoms with Crippen molar-refractivity contribution < 1.29 is 9.59 Å². The van der Waals surface area contributed by atoms with E-state index in [2.05, 4.69) is 24.0 Å². The van der Waals surface area contributed by atoms with E-state index in [9.17, 15) is 9.59 Å². The summed E-state index contributed by atoms with van der Waals surface area (Å²) in [4.78, 5) is 29.5. The molecule has 2 N–H and O–H groups in total. The van der Waals surface area contributed by atoms with E-state index in [4.69, 9.17) is 17.3 Å². The zero-order chi connectivity index (χ0) is 23.2. The number of halogens is 1. The molecule has 2 aliphatic rings. The molecule has 2 saturated heterocycles. The van der Waals surface area contributed by atoms with Gasteiger partial charge in [0.05, 0.1) is 0 Å². The molecule has 2 heterocycles. The number of carbonyl (C=O) groups excluding carboxylic acids is 2. The van der Waals surface area contributed by atoms with E-state index < -0.39 is 0 Å². The van der Waals surface area contributed by atoms with Crippen LogP contribution in [0, 0.1) is 39.5 Å². The maximum atomic E-state index is 13.3. The molecule has 0 saturated carbocycles. The van der Waals surface area contributed by atoms with Gasteiger partial charge in [-0.2, -0.15) is 0 Å². The summed E-state index contributed by atoms with van der Waals surface area (Å²) < 4.78 is 0. The van der Waals surface area contributed by atoms with E-state index in [1.54, 1.807) is 0 Å². The highest BCUT2D eigenvalue weighted by Gasteiger charge is 2.44. The average Bonchev–Trinajstić information content (AvgIpc) is 3.26. The molecule has 5 nitrogen and oxygen atoms in total. The first kappa shape index (κ1) is 22.8. The molecule has 2 aliphatic heterocycles. The second kappa shape index (κ2) is 8.87. The number of fused-ring (bicyclic) bond motifs is 1. The number of hydrogen-bond donors (Lipinski definition) is 1. The molecule has 170 valence electrons. The van der Waals surface area contributed by atoms with Crippen molar-refractivity contribution >= 4 is 23.4 Å². The Morgan fingerprint density at radius 3 is 2.09 bits per heavy atom. The summed E-state index contributed by atoms with van der Waals surface area (Å²) in [6.07, 6.45) is 0.267. The Morgan fingerprint density at radius 1 is 0.969 bits per heavy atom. The smallest absolute Gasteiger partial charge is 0.254 e. The highest BCUT2D eigenvalue weighted by atomic mass is 35.5. The minimum Gasteiger partial charge on any atom is -0.370 e. The number of primary amides is 1. The monoisotopic (exact) mass is 453 g/mol. The van der Waals surface area contributed by atoms with Crippen LogP contribution in [0.15, 0.2) is 30.3 Å². The lowest BCUT2D eigenvalue weighted by atomic mass is 9.98. The van der Waals surface area contributed by atoms with Crippen molar-refractivity contribution in [1.29, 1.82) is 0 Å². The van der Waals surface area contributed by atoms with Gasteiger partial charge in [0.2, 0.25) is 5.91 Å². The third kappa shape index (κ3) is 4.41. The van der Waals surface area contributed by atoms with Gasteiger partial charge in [0.1, 0.15) is 0 Å². The summed E-state index contributed by atoms with van der Waals surface area (Å²) in [6, 6.07) is 10.1. The fraction of sp³-hybridized carbons (Fsp3) is 0.462. The van der Waals surface area contributed by atoms with Gasteiger partial charge in [0.25, 0.3) is 5.91 Å². The van der Waals surface area contributed by atoms with Crippen LogP contribution in [0.5, 0.6) is 0 Å². The molecular formula is C26H32ClN3O2. The largest absolute Gasteiger partial charge is 0.370 e. The normalized spacial score (nSPS) is 21.6. The molecule has 32 heavy (non-hydrogen) atoms. The number of rotatable bonds is 5. The summed E-state index contributed by atoms with van der Waals surface area (Å²) in [7, 11) is 0. The second-order valence-electron chi connectivity index (χ2n) is 9.65. The standard InChI is InChI=1S/C26H32ClN3O2/c1-15-7-17(3)25(18(4)8-15)26(32)30-13-20-11-29(12-21(20)14-30)23(10-24(28)31)19-6-5-16(2)22(27)9-19/h5-9,20-21,23H,10-14H2,1-4H3,(H2,28,31). The molecule has 0 bridgehead atoms. The van der Waals surface area contributed by atoms with Crippen LogP contribution in [0.2, 0.25) is 5.02 Å². The lowest BCUT2D eigenvalue weighted by Gasteiger charge is -2.30. The highest BCUT2D eigenvalue weighted by Crippen LogP contribution is 2.38. The molecule has 2 aromatic carbocycles. The van der Waals surface area contributed by atoms with Crippen LogP contribution < -0.4 is 5.73 Å². The molecule has 3 unspecified atom stereocenters. The second-order valence-corrected chi connectivity index (χ2v) is 10.1. The molecule has 0 aromatic heterocycles. The highest BCUT2D eigenvalue weighted by molar-refractivity contribution is 6.31. The molecule has 6 heteroatoms. The minimum absolute atomic E-state index is 0.0815. The summed E-state index contributed by atoms with van der Waals surface area (Å²) in [5, 5.41) is 0.706. The van der Waals surface area contributed by atoms with Gasteiger partial charge in [-0.15, -0.1) is 0 Å². The van der Waals surface area contributed by atoms with Crippen LogP contribution in [0.25, 0.3) is 0 Å². The molecule has 3 atom stereocenters. The van der Waals surface area contributed by atoms with Gasteiger partial charge in [-0.1, -0.05) is 41.4 Å². The number of aryl methyl sites for hydroxylation is 4. The molecule has 0 spiro atoms. The number of amides is 2. The Hall–Kier alpha value is -2.37. The van der Waals surface area contributed by atoms with Crippen molar-refractivity contribution in [2.75, 3.05) is 26.2 Å². The predicted molar refractivity (Wildman–Crippen MR) is 128 cm³/mol. The summed E-state index contributed by atoms with van der Waals surface area (Å²) in [5.74, 6) is 0.633. The van der Waals surface area contributed by atoms with Crippen molar-refractivity contribution in [3.8, 4) is 0 Å². The lowest BCUT2D eigenvalue weighted by Crippen LogP contribution is -2.36. The Morgan fingerprint density at radius 2 is 1.56 bits per heavy atom. The van der Waals surface area contributed by atoms with Crippen molar-refractivity contribution in [3.63, 3.8) is 0 Å². The van der Waals surface area contributed by atoms with Crippen LogP contribution in [-0.4, -0.2) is 47.8 Å². The lowest BCUT2D eigenvalue weighted by molar-refractivity contribution is -0.119. The van der Waals surface area contributed by atoms with Crippen molar-refractivity contribution in [2.45, 2.75) is 40.2 Å². The fourth-order valence-electron chi connectivity index (χ4n) is 5.59. The number of nitrogens with zero attached hydrogens (tertiary/aromatic N) is 2. The van der Waals surface area contributed by atoms with Crippen LogP contribution in [0.3, 0.4) is 0 Å². The predicted octanol–water partition coefficient (Wildman–Crippen LogP) is 4.19. The first-order chi connectivity index (χ1) is 15.1. The Kier molecular flexibility index (Phi) is 6.33. The van der Waals surface area contributed by atoms with E-state index in [-0.39, 0.29) is 24.3 Å². The van der Waals surface area contributed by atoms with Crippen molar-refractivity contribution in [2.24, 2.45) is 17.6 Å². The molecular weight excluding hydrogens is 422 g/mol. The Bertz CT molecular complexity index is 1030. The quantitative estimate of drug-likeness (QED) is 0.737. The molecule has 2 fully saturated rings. The summed E-state index contributed by atoms with van der Waals surface area (Å²) in [5.41, 5.74) is 11.8. The van der Waals surface area contributed by atoms with Crippen molar-refractivity contribution in [3.05, 3.63) is 68.7 Å². The SMILES string of the molecule is Cc1cc(C)c(C(=O)N2CC3CN(C(CC(N)=O)c4ccc(C)c(Cl)c4)CC3C2)c(C)c1. The van der Waals surface area contributed by atoms with Crippen LogP contribution >= 0.6 is 11.6 Å². The van der Waals surface area contributed by atoms with Gasteiger partial charge in [0.15, 0.2) is 0 Å². The number of hydrogen-bond acceptors (Lipinski definition) is 3. The summed E-state index contributed by atoms with van der Waals surface area (Å²) in [6.45, 7) is 11.3. The average molecular weight is 454 g/mol. The molecule has 2 aromatic rings. The van der Waals surface area contributed by atoms with Gasteiger partial charge in [-0.05, 0) is 67.9 Å². The van der Waals surface area contributed by atoms with Gasteiger partial charge in [-0.3, -0.25) is 14.5 Å². The van der Waals surface area contributed by atoms with Crippen molar-refractivity contribution in [1.82, 2.24) is 9.80 Å². The zero-order valence-corrected chi connectivity index (χ0v) is 20.1. The number of carbonyl (C=O) groups is 2. The van der Waals surface area contributed by atoms with Gasteiger partial charge >= 0.3 is 0 Å². The Balaban J connectivity index is 1.49. The maximum absolute atomic E-state index is 13.3. The first-order valence-corrected chi connectivity index (χ1v) is 11.7. The Labute approximate surface area is 195 Å². The zero-order valence-electron chi connectivity index (χ0n) is 19.3. The van der Waals surface area contributed by atoms with Gasteiger partial charge in [0, 0.05) is 49.2 Å². The molecule has 4 rings (SSSR count). The first-order valence-electron chi connectivity index (χ1n) is 11.3. The van der Waals surface area contributed by atoms with E-state index >= 15 is 0 Å². The topological polar surface area (TPSA) is 66.6 Å². The van der Waals surface area contributed by atoms with E-state index in [0.29, 0.717) is 16.9 Å². The van der Waals surface area contributed by atoms with Crippen LogP contribution in [0.4, 0.5) is 0 Å². The number of nitrogens with two attached hydrogens (primary N) is 1. The van der Waals surface area contributed by atoms with Gasteiger partial charge in [-0.25, -0.2) is 0 Å². The van der Waals surface area contributed by atoms with Crippen LogP contribution in [-0.2, 0) is 4.79 Å². The fourth-order valence-corrected chi connectivity index (χ4v) is 5.78. The molecule has 0 radical (unpaired) electrons. The van der Waals surface area contributed by atoms with E-state index in [1.807, 2.05) is 43.9 Å². The maximum Gasteiger partial charge on any atom is 0.254 e.